The van der Waals surface area contributed by atoms with Crippen LogP contribution >= 0.6 is 23.6 Å². The molecule has 0 radical (unpaired) electrons. The van der Waals surface area contributed by atoms with E-state index in [4.69, 9.17) is 12.2 Å². The molecule has 146 valence electrons. The van der Waals surface area contributed by atoms with Gasteiger partial charge in [-0.2, -0.15) is 5.26 Å². The van der Waals surface area contributed by atoms with Crippen molar-refractivity contribution in [1.82, 2.24) is 4.90 Å². The number of carbonyl (C=O) groups is 3. The van der Waals surface area contributed by atoms with Crippen molar-refractivity contribution in [1.29, 1.82) is 5.26 Å². The van der Waals surface area contributed by atoms with Gasteiger partial charge in [0.25, 0.3) is 11.8 Å². The number of nitrogens with zero attached hydrogens (tertiary/aromatic N) is 2. The van der Waals surface area contributed by atoms with Gasteiger partial charge in [-0.05, 0) is 48.4 Å². The second-order valence-corrected chi connectivity index (χ2v) is 8.99. The van der Waals surface area contributed by atoms with Crippen LogP contribution in [0, 0.1) is 21.1 Å². The van der Waals surface area contributed by atoms with Gasteiger partial charge in [-0.3, -0.25) is 19.3 Å². The molecule has 3 amide bonds. The molecule has 0 spiro atoms. The molecular formula is C21H17N3O3S2. The van der Waals surface area contributed by atoms with E-state index in [9.17, 15) is 19.6 Å². The highest BCUT2D eigenvalue weighted by atomic mass is 32.1. The lowest BCUT2D eigenvalue weighted by molar-refractivity contribution is -0.116. The van der Waals surface area contributed by atoms with Gasteiger partial charge in [-0.25, -0.2) is 0 Å². The Bertz CT molecular complexity index is 1130. The van der Waals surface area contributed by atoms with Crippen LogP contribution in [-0.2, 0) is 17.6 Å². The molecule has 1 N–H and O–H groups in total. The molecule has 2 aromatic rings. The molecule has 0 saturated heterocycles. The Balaban J connectivity index is 1.58. The van der Waals surface area contributed by atoms with E-state index in [2.05, 4.69) is 18.3 Å². The molecule has 1 atom stereocenters. The molecule has 2 aliphatic rings. The van der Waals surface area contributed by atoms with Crippen LogP contribution in [-0.4, -0.2) is 29.2 Å². The fraction of sp³-hybridized carbons (Fsp3) is 0.286. The first-order valence-electron chi connectivity index (χ1n) is 9.24. The number of benzene rings is 1. The molecule has 1 aliphatic carbocycles. The van der Waals surface area contributed by atoms with Crippen LogP contribution in [0.4, 0.5) is 5.00 Å². The SMILES string of the molecule is CC1CCc2c(C#N)c(NC(=O)CN3C(=O)c4ccccc4C3=O)sc(=S)c2C1. The van der Waals surface area contributed by atoms with Crippen LogP contribution in [0.1, 0.15) is 50.8 Å². The monoisotopic (exact) mass is 423 g/mol. The first-order chi connectivity index (χ1) is 13.9. The maximum Gasteiger partial charge on any atom is 0.262 e. The third kappa shape index (κ3) is 3.37. The zero-order valence-corrected chi connectivity index (χ0v) is 17.3. The molecule has 1 aromatic carbocycles. The minimum atomic E-state index is -0.536. The quantitative estimate of drug-likeness (QED) is 0.600. The number of rotatable bonds is 3. The summed E-state index contributed by atoms with van der Waals surface area (Å²) < 4.78 is 0.668. The maximum atomic E-state index is 12.6. The molecule has 1 aliphatic heterocycles. The van der Waals surface area contributed by atoms with Crippen molar-refractivity contribution in [3.05, 3.63) is 55.9 Å². The van der Waals surface area contributed by atoms with Crippen LogP contribution in [0.15, 0.2) is 24.3 Å². The summed E-state index contributed by atoms with van der Waals surface area (Å²) >= 11 is 6.70. The molecule has 6 nitrogen and oxygen atoms in total. The summed E-state index contributed by atoms with van der Waals surface area (Å²) in [7, 11) is 0. The molecule has 4 rings (SSSR count). The number of nitriles is 1. The Morgan fingerprint density at radius 1 is 1.28 bits per heavy atom. The Kier molecular flexibility index (Phi) is 5.03. The molecule has 2 heterocycles. The lowest BCUT2D eigenvalue weighted by atomic mass is 9.85. The third-order valence-electron chi connectivity index (χ3n) is 5.32. The van der Waals surface area contributed by atoms with Crippen LogP contribution in [0.5, 0.6) is 0 Å². The normalized spacial score (nSPS) is 17.5. The fourth-order valence-electron chi connectivity index (χ4n) is 3.84. The van der Waals surface area contributed by atoms with E-state index in [1.54, 1.807) is 24.3 Å². The number of hydrogen-bond donors (Lipinski definition) is 1. The topological polar surface area (TPSA) is 90.3 Å². The average Bonchev–Trinajstić information content (AvgIpc) is 2.94. The zero-order valence-electron chi connectivity index (χ0n) is 15.7. The number of carbonyl (C=O) groups excluding carboxylic acids is 3. The van der Waals surface area contributed by atoms with Crippen molar-refractivity contribution >= 4 is 46.3 Å². The minimum Gasteiger partial charge on any atom is -0.315 e. The van der Waals surface area contributed by atoms with E-state index in [0.29, 0.717) is 31.4 Å². The van der Waals surface area contributed by atoms with Gasteiger partial charge in [0.2, 0.25) is 5.91 Å². The van der Waals surface area contributed by atoms with E-state index in [0.717, 1.165) is 35.3 Å². The van der Waals surface area contributed by atoms with E-state index in [1.807, 2.05) is 0 Å². The summed E-state index contributed by atoms with van der Waals surface area (Å²) in [5, 5.41) is 12.8. The van der Waals surface area contributed by atoms with Crippen molar-refractivity contribution in [2.24, 2.45) is 5.92 Å². The molecular weight excluding hydrogens is 406 g/mol. The summed E-state index contributed by atoms with van der Waals surface area (Å²) in [4.78, 5) is 38.4. The van der Waals surface area contributed by atoms with E-state index in [-0.39, 0.29) is 0 Å². The molecule has 1 aromatic heterocycles. The molecule has 0 bridgehead atoms. The first-order valence-corrected chi connectivity index (χ1v) is 10.5. The number of nitrogens with one attached hydrogen (secondary N) is 1. The Hall–Kier alpha value is -2.89. The average molecular weight is 424 g/mol. The summed E-state index contributed by atoms with van der Waals surface area (Å²) in [5.41, 5.74) is 2.95. The summed E-state index contributed by atoms with van der Waals surface area (Å²) in [6.45, 7) is 1.75. The van der Waals surface area contributed by atoms with Gasteiger partial charge in [0.15, 0.2) is 0 Å². The van der Waals surface area contributed by atoms with E-state index in [1.165, 1.54) is 11.3 Å². The van der Waals surface area contributed by atoms with Gasteiger partial charge in [-0.1, -0.05) is 31.3 Å². The predicted octanol–water partition coefficient (Wildman–Crippen LogP) is 3.71. The zero-order chi connectivity index (χ0) is 20.7. The lowest BCUT2D eigenvalue weighted by Crippen LogP contribution is -2.37. The Morgan fingerprint density at radius 3 is 2.55 bits per heavy atom. The summed E-state index contributed by atoms with van der Waals surface area (Å²) in [6.07, 6.45) is 2.55. The maximum absolute atomic E-state index is 12.6. The van der Waals surface area contributed by atoms with Crippen molar-refractivity contribution in [3.63, 3.8) is 0 Å². The highest BCUT2D eigenvalue weighted by Gasteiger charge is 2.36. The van der Waals surface area contributed by atoms with Crippen LogP contribution in [0.2, 0.25) is 0 Å². The third-order valence-corrected chi connectivity index (χ3v) is 6.76. The largest absolute Gasteiger partial charge is 0.315 e. The van der Waals surface area contributed by atoms with Crippen molar-refractivity contribution in [2.75, 3.05) is 11.9 Å². The van der Waals surface area contributed by atoms with Crippen LogP contribution in [0.25, 0.3) is 0 Å². The van der Waals surface area contributed by atoms with Gasteiger partial charge in [0.1, 0.15) is 17.6 Å². The number of imide groups is 1. The van der Waals surface area contributed by atoms with E-state index >= 15 is 0 Å². The molecule has 29 heavy (non-hydrogen) atoms. The second-order valence-electron chi connectivity index (χ2n) is 7.30. The van der Waals surface area contributed by atoms with Crippen molar-refractivity contribution in [2.45, 2.75) is 26.2 Å². The number of fused-ring (bicyclic) bond motifs is 2. The van der Waals surface area contributed by atoms with Gasteiger partial charge < -0.3 is 5.32 Å². The number of hydrogen-bond acceptors (Lipinski definition) is 6. The standard InChI is InChI=1S/C21H17N3O3S2/c1-11-6-7-12-15(8-11)21(28)29-18(16(12)9-22)23-17(25)10-24-19(26)13-4-2-3-5-14(13)20(24)27/h2-5,11H,6-8,10H2,1H3,(H,23,25). The predicted molar refractivity (Wildman–Crippen MR) is 111 cm³/mol. The molecule has 0 saturated carbocycles. The summed E-state index contributed by atoms with van der Waals surface area (Å²) in [5.74, 6) is -1.01. The lowest BCUT2D eigenvalue weighted by Gasteiger charge is -2.23. The smallest absolute Gasteiger partial charge is 0.262 e. The van der Waals surface area contributed by atoms with Crippen LogP contribution in [0.3, 0.4) is 0 Å². The minimum absolute atomic E-state index is 0.293. The molecule has 1 unspecified atom stereocenters. The van der Waals surface area contributed by atoms with E-state index < -0.39 is 24.3 Å². The summed E-state index contributed by atoms with van der Waals surface area (Å²) in [6, 6.07) is 8.68. The van der Waals surface area contributed by atoms with Gasteiger partial charge >= 0.3 is 0 Å². The van der Waals surface area contributed by atoms with Gasteiger partial charge in [0.05, 0.1) is 20.5 Å². The molecule has 8 heteroatoms. The number of amides is 3. The number of anilines is 1. The Morgan fingerprint density at radius 2 is 1.93 bits per heavy atom. The highest BCUT2D eigenvalue weighted by Crippen LogP contribution is 2.36. The fourth-order valence-corrected chi connectivity index (χ4v) is 5.25. The second kappa shape index (κ2) is 7.50. The van der Waals surface area contributed by atoms with Crippen molar-refractivity contribution < 1.29 is 14.4 Å². The van der Waals surface area contributed by atoms with Gasteiger partial charge in [-0.15, -0.1) is 11.3 Å². The van der Waals surface area contributed by atoms with Crippen molar-refractivity contribution in [3.8, 4) is 6.07 Å². The first kappa shape index (κ1) is 19.4. The Labute approximate surface area is 176 Å². The highest BCUT2D eigenvalue weighted by molar-refractivity contribution is 7.73. The van der Waals surface area contributed by atoms with Gasteiger partial charge in [0, 0.05) is 0 Å². The molecule has 0 fully saturated rings. The van der Waals surface area contributed by atoms with Crippen LogP contribution < -0.4 is 5.32 Å².